The van der Waals surface area contributed by atoms with Gasteiger partial charge in [0.25, 0.3) is 0 Å². The van der Waals surface area contributed by atoms with Crippen LogP contribution in [0.25, 0.3) is 5.32 Å². The number of nitrogens with zero attached hydrogens (tertiary/aromatic N) is 1. The summed E-state index contributed by atoms with van der Waals surface area (Å²) in [5.41, 5.74) is 1.15. The van der Waals surface area contributed by atoms with E-state index in [-0.39, 0.29) is 32.7 Å². The standard InChI is InChI=1S/C10H12N.Y/c1-2-8-11-9-10-6-4-3-5-7-10;/h3-6H,1-2,8-9H2;/q-3;+3. The molecule has 1 aromatic rings. The van der Waals surface area contributed by atoms with Gasteiger partial charge in [0.2, 0.25) is 0 Å². The average Bonchev–Trinajstić information content (AvgIpc) is 2.07. The second kappa shape index (κ2) is 7.91. The van der Waals surface area contributed by atoms with Crippen LogP contribution in [0, 0.1) is 13.0 Å². The first-order chi connectivity index (χ1) is 5.43. The third-order valence-corrected chi connectivity index (χ3v) is 1.37. The molecule has 0 radical (unpaired) electrons. The first kappa shape index (κ1) is 12.3. The van der Waals surface area contributed by atoms with Crippen LogP contribution in [-0.2, 0) is 39.3 Å². The van der Waals surface area contributed by atoms with Crippen LogP contribution in [0.1, 0.15) is 12.0 Å². The van der Waals surface area contributed by atoms with Gasteiger partial charge in [-0.2, -0.15) is 42.4 Å². The molecule has 0 bridgehead atoms. The summed E-state index contributed by atoms with van der Waals surface area (Å²) in [6.07, 6.45) is 0.882. The van der Waals surface area contributed by atoms with Crippen LogP contribution in [0.3, 0.4) is 0 Å². The van der Waals surface area contributed by atoms with Gasteiger partial charge in [-0.05, 0) is 0 Å². The van der Waals surface area contributed by atoms with Crippen LogP contribution < -0.4 is 0 Å². The Hall–Kier alpha value is 0.284. The second-order valence-electron chi connectivity index (χ2n) is 2.35. The van der Waals surface area contributed by atoms with Crippen molar-refractivity contribution < 1.29 is 32.7 Å². The quantitative estimate of drug-likeness (QED) is 0.562. The van der Waals surface area contributed by atoms with Gasteiger partial charge in [-0.25, -0.2) is 6.42 Å². The summed E-state index contributed by atoms with van der Waals surface area (Å²) in [5, 5.41) is 4.27. The maximum atomic E-state index is 4.27. The van der Waals surface area contributed by atoms with Crippen molar-refractivity contribution in [2.24, 2.45) is 0 Å². The topological polar surface area (TPSA) is 14.1 Å². The normalized spacial score (nSPS) is 9.08. The zero-order valence-electron chi connectivity index (χ0n) is 7.16. The van der Waals surface area contributed by atoms with E-state index in [2.05, 4.69) is 18.3 Å². The zero-order valence-corrected chi connectivity index (χ0v) is 10.0. The first-order valence-electron chi connectivity index (χ1n) is 3.81. The second-order valence-corrected chi connectivity index (χ2v) is 2.35. The molecule has 0 aromatic heterocycles. The molecule has 0 amide bonds. The van der Waals surface area contributed by atoms with Crippen LogP contribution in [0.5, 0.6) is 0 Å². The minimum atomic E-state index is 0. The van der Waals surface area contributed by atoms with Gasteiger partial charge in [0.1, 0.15) is 0 Å². The minimum absolute atomic E-state index is 0. The van der Waals surface area contributed by atoms with Gasteiger partial charge in [0.15, 0.2) is 0 Å². The molecule has 0 saturated heterocycles. The van der Waals surface area contributed by atoms with Crippen LogP contribution in [0.2, 0.25) is 0 Å². The summed E-state index contributed by atoms with van der Waals surface area (Å²) < 4.78 is 0. The minimum Gasteiger partial charge on any atom is -0.662 e. The third-order valence-electron chi connectivity index (χ3n) is 1.37. The van der Waals surface area contributed by atoms with Crippen molar-refractivity contribution in [1.29, 1.82) is 0 Å². The monoisotopic (exact) mass is 235 g/mol. The molecule has 0 heterocycles. The van der Waals surface area contributed by atoms with E-state index in [0.29, 0.717) is 0 Å². The Morgan fingerprint density at radius 3 is 2.83 bits per heavy atom. The Balaban J connectivity index is 0.00000121. The maximum Gasteiger partial charge on any atom is 3.00 e. The summed E-state index contributed by atoms with van der Waals surface area (Å²) in [5.74, 6) is 0. The van der Waals surface area contributed by atoms with Crippen molar-refractivity contribution >= 4 is 0 Å². The van der Waals surface area contributed by atoms with Gasteiger partial charge in [-0.15, -0.1) is 6.54 Å². The molecule has 0 spiro atoms. The molecule has 0 atom stereocenters. The summed E-state index contributed by atoms with van der Waals surface area (Å²) in [6.45, 7) is 5.34. The number of hydrogen-bond acceptors (Lipinski definition) is 0. The first-order valence-corrected chi connectivity index (χ1v) is 3.81. The molecular weight excluding hydrogens is 223 g/mol. The van der Waals surface area contributed by atoms with Crippen molar-refractivity contribution in [2.75, 3.05) is 6.54 Å². The SMILES string of the molecule is [CH2-]CC[N-]Cc1[c-]cccc1.[Y+3]. The third kappa shape index (κ3) is 5.02. The Bertz CT molecular complexity index is 186. The molecule has 0 N–H and O–H groups in total. The summed E-state index contributed by atoms with van der Waals surface area (Å²) in [4.78, 5) is 0. The molecule has 0 aliphatic carbocycles. The van der Waals surface area contributed by atoms with Crippen LogP contribution in [0.15, 0.2) is 24.3 Å². The van der Waals surface area contributed by atoms with Crippen molar-refractivity contribution in [1.82, 2.24) is 0 Å². The smallest absolute Gasteiger partial charge is 0.662 e. The molecule has 0 saturated carbocycles. The zero-order chi connectivity index (χ0) is 7.94. The Kier molecular flexibility index (Phi) is 8.10. The maximum absolute atomic E-state index is 4.27. The summed E-state index contributed by atoms with van der Waals surface area (Å²) in [6, 6.07) is 11.0. The molecule has 12 heavy (non-hydrogen) atoms. The van der Waals surface area contributed by atoms with Crippen LogP contribution in [-0.4, -0.2) is 6.54 Å². The van der Waals surface area contributed by atoms with E-state index in [1.54, 1.807) is 0 Å². The molecule has 2 heteroatoms. The van der Waals surface area contributed by atoms with Gasteiger partial charge in [0.05, 0.1) is 0 Å². The van der Waals surface area contributed by atoms with Crippen LogP contribution >= 0.6 is 0 Å². The van der Waals surface area contributed by atoms with Crippen molar-refractivity contribution in [3.63, 3.8) is 0 Å². The average molecular weight is 235 g/mol. The molecule has 0 aliphatic rings. The number of rotatable bonds is 4. The van der Waals surface area contributed by atoms with Gasteiger partial charge in [-0.3, -0.25) is 0 Å². The molecule has 1 rings (SSSR count). The fourth-order valence-electron chi connectivity index (χ4n) is 0.840. The number of hydrogen-bond donors (Lipinski definition) is 0. The van der Waals surface area contributed by atoms with E-state index in [9.17, 15) is 0 Å². The van der Waals surface area contributed by atoms with E-state index < -0.39 is 0 Å². The van der Waals surface area contributed by atoms with Crippen molar-refractivity contribution in [3.05, 3.63) is 48.1 Å². The van der Waals surface area contributed by atoms with Gasteiger partial charge >= 0.3 is 32.7 Å². The summed E-state index contributed by atoms with van der Waals surface area (Å²) >= 11 is 0. The Labute approximate surface area is 99.8 Å². The molecule has 1 aromatic carbocycles. The van der Waals surface area contributed by atoms with Gasteiger partial charge in [-0.1, -0.05) is 0 Å². The van der Waals surface area contributed by atoms with Gasteiger partial charge in [0, 0.05) is 0 Å². The summed E-state index contributed by atoms with van der Waals surface area (Å²) in [7, 11) is 0. The van der Waals surface area contributed by atoms with Gasteiger partial charge < -0.3 is 12.2 Å². The Morgan fingerprint density at radius 1 is 1.42 bits per heavy atom. The van der Waals surface area contributed by atoms with Crippen molar-refractivity contribution in [2.45, 2.75) is 13.0 Å². The fraction of sp³-hybridized carbons (Fsp3) is 0.300. The Morgan fingerprint density at radius 2 is 2.25 bits per heavy atom. The van der Waals surface area contributed by atoms with E-state index >= 15 is 0 Å². The molecule has 0 unspecified atom stereocenters. The molecule has 1 nitrogen and oxygen atoms in total. The molecule has 0 fully saturated rings. The fourth-order valence-corrected chi connectivity index (χ4v) is 0.840. The molecule has 0 aliphatic heterocycles. The van der Waals surface area contributed by atoms with E-state index in [0.717, 1.165) is 25.1 Å². The molecule has 60 valence electrons. The van der Waals surface area contributed by atoms with Crippen molar-refractivity contribution in [3.8, 4) is 0 Å². The molecular formula is C10H12NY. The largest absolute Gasteiger partial charge is 3.00 e. The van der Waals surface area contributed by atoms with E-state index in [1.807, 2.05) is 24.3 Å². The van der Waals surface area contributed by atoms with E-state index in [1.165, 1.54) is 0 Å². The predicted octanol–water partition coefficient (Wildman–Crippen LogP) is 2.58. The van der Waals surface area contributed by atoms with E-state index in [4.69, 9.17) is 0 Å². The predicted molar refractivity (Wildman–Crippen MR) is 47.2 cm³/mol. The number of benzene rings is 1. The van der Waals surface area contributed by atoms with Crippen LogP contribution in [0.4, 0.5) is 0 Å².